The third-order valence-corrected chi connectivity index (χ3v) is 7.80. The van der Waals surface area contributed by atoms with Gasteiger partial charge in [-0.25, -0.2) is 4.79 Å². The fourth-order valence-corrected chi connectivity index (χ4v) is 5.92. The van der Waals surface area contributed by atoms with Crippen LogP contribution in [0.25, 0.3) is 0 Å². The molecule has 2 saturated carbocycles. The third kappa shape index (κ3) is 5.24. The van der Waals surface area contributed by atoms with Crippen LogP contribution >= 0.6 is 0 Å². The van der Waals surface area contributed by atoms with Crippen LogP contribution in [0.1, 0.15) is 64.2 Å². The maximum Gasteiger partial charge on any atom is 0.332 e. The Morgan fingerprint density at radius 1 is 0.741 bits per heavy atom. The van der Waals surface area contributed by atoms with Crippen LogP contribution in [0.4, 0.5) is 0 Å². The van der Waals surface area contributed by atoms with Crippen LogP contribution in [0.2, 0.25) is 0 Å². The summed E-state index contributed by atoms with van der Waals surface area (Å²) in [5, 5.41) is 9.66. The van der Waals surface area contributed by atoms with E-state index in [1.807, 2.05) is 0 Å². The van der Waals surface area contributed by atoms with Gasteiger partial charge in [0.1, 0.15) is 0 Å². The van der Waals surface area contributed by atoms with Gasteiger partial charge in [-0.2, -0.15) is 0 Å². The van der Waals surface area contributed by atoms with Crippen molar-refractivity contribution in [2.45, 2.75) is 88.5 Å². The Morgan fingerprint density at radius 3 is 1.67 bits per heavy atom. The summed E-state index contributed by atoms with van der Waals surface area (Å²) in [5.41, 5.74) is 0. The van der Waals surface area contributed by atoms with Gasteiger partial charge >= 0.3 is 5.97 Å². The zero-order valence-electron chi connectivity index (χ0n) is 17.8. The summed E-state index contributed by atoms with van der Waals surface area (Å²) in [7, 11) is 8.70. The van der Waals surface area contributed by atoms with Crippen molar-refractivity contribution in [1.29, 1.82) is 0 Å². The van der Waals surface area contributed by atoms with E-state index >= 15 is 0 Å². The van der Waals surface area contributed by atoms with Crippen molar-refractivity contribution in [3.8, 4) is 0 Å². The van der Waals surface area contributed by atoms with Crippen LogP contribution in [0, 0.1) is 17.8 Å². The van der Waals surface area contributed by atoms with Gasteiger partial charge in [0.05, 0.1) is 6.10 Å². The summed E-state index contributed by atoms with van der Waals surface area (Å²) < 4.78 is 6.14. The largest absolute Gasteiger partial charge is 0.479 e. The second kappa shape index (κ2) is 9.23. The molecule has 0 radical (unpaired) electrons. The molecule has 3 atom stereocenters. The van der Waals surface area contributed by atoms with E-state index < -0.39 is 12.1 Å². The Morgan fingerprint density at radius 2 is 1.22 bits per heavy atom. The summed E-state index contributed by atoms with van der Waals surface area (Å²) in [4.78, 5) is 16.4. The predicted octanol–water partition coefficient (Wildman–Crippen LogP) is 3.48. The maximum atomic E-state index is 11.8. The molecule has 3 fully saturated rings. The van der Waals surface area contributed by atoms with Crippen LogP contribution < -0.4 is 0 Å². The van der Waals surface area contributed by atoms with E-state index in [0.717, 1.165) is 12.8 Å². The molecule has 0 aromatic carbocycles. The van der Waals surface area contributed by atoms with Gasteiger partial charge in [-0.3, -0.25) is 0 Å². The molecule has 0 aromatic rings. The molecule has 5 nitrogen and oxygen atoms in total. The summed E-state index contributed by atoms with van der Waals surface area (Å²) in [6.45, 7) is 0. The number of carboxylic acid groups (broad SMARTS) is 1. The Hall–Kier alpha value is -0.650. The predicted molar refractivity (Wildman–Crippen MR) is 108 cm³/mol. The lowest BCUT2D eigenvalue weighted by Crippen LogP contribution is -2.45. The highest BCUT2D eigenvalue weighted by molar-refractivity contribution is 5.72. The van der Waals surface area contributed by atoms with Crippen molar-refractivity contribution in [2.24, 2.45) is 17.8 Å². The molecule has 5 heteroatoms. The molecule has 3 rings (SSSR count). The van der Waals surface area contributed by atoms with E-state index in [2.05, 4.69) is 38.0 Å². The average molecular weight is 381 g/mol. The molecular weight excluding hydrogens is 340 g/mol. The molecule has 3 aliphatic rings. The van der Waals surface area contributed by atoms with Gasteiger partial charge < -0.3 is 19.6 Å². The van der Waals surface area contributed by atoms with Gasteiger partial charge in [-0.1, -0.05) is 0 Å². The Kier molecular flexibility index (Phi) is 7.20. The number of carboxylic acids is 1. The number of hydrogen-bond acceptors (Lipinski definition) is 4. The van der Waals surface area contributed by atoms with Crippen molar-refractivity contribution in [3.05, 3.63) is 0 Å². The SMILES string of the molecule is CN(C)C1CCC(C2CC(C(=O)O)OC(C3CCC(N(C)C)CC3)C2)CC1. The van der Waals surface area contributed by atoms with Crippen LogP contribution in [0.3, 0.4) is 0 Å². The first-order chi connectivity index (χ1) is 12.8. The van der Waals surface area contributed by atoms with Crippen LogP contribution in [0.15, 0.2) is 0 Å². The van der Waals surface area contributed by atoms with Crippen molar-refractivity contribution >= 4 is 5.97 Å². The van der Waals surface area contributed by atoms with E-state index in [1.54, 1.807) is 0 Å². The van der Waals surface area contributed by atoms with Crippen LogP contribution in [-0.4, -0.2) is 73.4 Å². The Labute approximate surface area is 165 Å². The monoisotopic (exact) mass is 380 g/mol. The lowest BCUT2D eigenvalue weighted by molar-refractivity contribution is -0.170. The van der Waals surface area contributed by atoms with Gasteiger partial charge in [0.2, 0.25) is 0 Å². The Bertz CT molecular complexity index is 444. The van der Waals surface area contributed by atoms with E-state index in [4.69, 9.17) is 4.74 Å². The number of carbonyl (C=O) groups is 1. The molecule has 1 heterocycles. The molecular formula is C22H40N2O3. The highest BCUT2D eigenvalue weighted by atomic mass is 16.5. The van der Waals surface area contributed by atoms with Gasteiger partial charge in [0.25, 0.3) is 0 Å². The molecule has 156 valence electrons. The zero-order valence-corrected chi connectivity index (χ0v) is 17.8. The number of ether oxygens (including phenoxy) is 1. The fraction of sp³-hybridized carbons (Fsp3) is 0.955. The highest BCUT2D eigenvalue weighted by Gasteiger charge is 2.41. The minimum Gasteiger partial charge on any atom is -0.479 e. The second-order valence-corrected chi connectivity index (χ2v) is 9.80. The summed E-state index contributed by atoms with van der Waals surface area (Å²) in [6.07, 6.45) is 11.2. The third-order valence-electron chi connectivity index (χ3n) is 7.80. The van der Waals surface area contributed by atoms with Crippen molar-refractivity contribution in [3.63, 3.8) is 0 Å². The van der Waals surface area contributed by atoms with Gasteiger partial charge in [0, 0.05) is 12.1 Å². The first-order valence-electron chi connectivity index (χ1n) is 11.1. The second-order valence-electron chi connectivity index (χ2n) is 9.80. The number of aliphatic carboxylic acids is 1. The van der Waals surface area contributed by atoms with E-state index in [0.29, 0.717) is 29.8 Å². The molecule has 1 saturated heterocycles. The Balaban J connectivity index is 1.60. The van der Waals surface area contributed by atoms with Crippen molar-refractivity contribution < 1.29 is 14.6 Å². The molecule has 27 heavy (non-hydrogen) atoms. The number of rotatable bonds is 5. The molecule has 0 spiro atoms. The average Bonchev–Trinajstić information content (AvgIpc) is 2.67. The highest BCUT2D eigenvalue weighted by Crippen LogP contribution is 2.43. The lowest BCUT2D eigenvalue weighted by Gasteiger charge is -2.44. The fourth-order valence-electron chi connectivity index (χ4n) is 5.92. The maximum absolute atomic E-state index is 11.8. The minimum atomic E-state index is -0.756. The van der Waals surface area contributed by atoms with Gasteiger partial charge in [0.15, 0.2) is 6.10 Å². The summed E-state index contributed by atoms with van der Waals surface area (Å²) in [6, 6.07) is 1.38. The van der Waals surface area contributed by atoms with E-state index in [-0.39, 0.29) is 6.10 Å². The molecule has 0 aromatic heterocycles. The quantitative estimate of drug-likeness (QED) is 0.791. The van der Waals surface area contributed by atoms with Crippen molar-refractivity contribution in [2.75, 3.05) is 28.2 Å². The molecule has 1 aliphatic heterocycles. The molecule has 1 N–H and O–H groups in total. The minimum absolute atomic E-state index is 0.152. The van der Waals surface area contributed by atoms with Crippen molar-refractivity contribution in [1.82, 2.24) is 9.80 Å². The zero-order chi connectivity index (χ0) is 19.6. The van der Waals surface area contributed by atoms with Crippen LogP contribution in [0.5, 0.6) is 0 Å². The summed E-state index contributed by atoms with van der Waals surface area (Å²) >= 11 is 0. The summed E-state index contributed by atoms with van der Waals surface area (Å²) in [5.74, 6) is 1.00. The van der Waals surface area contributed by atoms with E-state index in [9.17, 15) is 9.90 Å². The normalized spacial score (nSPS) is 41.0. The molecule has 2 aliphatic carbocycles. The molecule has 3 unspecified atom stereocenters. The molecule has 0 amide bonds. The lowest BCUT2D eigenvalue weighted by atomic mass is 9.70. The van der Waals surface area contributed by atoms with Gasteiger partial charge in [-0.05, 0) is 110 Å². The standard InChI is InChI=1S/C22H40N2O3/c1-23(2)18-9-5-15(6-10-18)17-13-20(27-21(14-17)22(25)26)16-7-11-19(12-8-16)24(3)4/h15-21H,5-14H2,1-4H3,(H,25,26). The van der Waals surface area contributed by atoms with Crippen LogP contribution in [-0.2, 0) is 9.53 Å². The number of hydrogen-bond donors (Lipinski definition) is 1. The number of nitrogens with zero attached hydrogens (tertiary/aromatic N) is 2. The first kappa shape index (κ1) is 21.1. The first-order valence-corrected chi connectivity index (χ1v) is 11.1. The van der Waals surface area contributed by atoms with E-state index in [1.165, 1.54) is 51.4 Å². The van der Waals surface area contributed by atoms with Gasteiger partial charge in [-0.15, -0.1) is 0 Å². The molecule has 0 bridgehead atoms. The smallest absolute Gasteiger partial charge is 0.332 e. The topological polar surface area (TPSA) is 53.0 Å².